The number of ether oxygens (including phenoxy) is 1. The van der Waals surface area contributed by atoms with Gasteiger partial charge in [-0.05, 0) is 49.9 Å². The Morgan fingerprint density at radius 1 is 1.25 bits per heavy atom. The summed E-state index contributed by atoms with van der Waals surface area (Å²) in [4.78, 5) is 26.8. The van der Waals surface area contributed by atoms with E-state index in [2.05, 4.69) is 5.32 Å². The number of hydrogen-bond acceptors (Lipinski definition) is 6. The lowest BCUT2D eigenvalue weighted by molar-refractivity contribution is 0.0946. The second kappa shape index (κ2) is 11.3. The molecule has 3 heterocycles. The van der Waals surface area contributed by atoms with Gasteiger partial charge in [-0.1, -0.05) is 23.7 Å². The second-order valence-corrected chi connectivity index (χ2v) is 9.89. The molecule has 194 valence electrons. The van der Waals surface area contributed by atoms with Crippen molar-refractivity contribution in [1.82, 2.24) is 10.2 Å². The molecule has 3 aliphatic rings. The summed E-state index contributed by atoms with van der Waals surface area (Å²) in [7, 11) is 0. The number of anilines is 1. The minimum atomic E-state index is -0.702. The number of hydrogen-bond donors (Lipinski definition) is 3. The average molecular weight is 520 g/mol. The molecule has 0 spiro atoms. The predicted molar refractivity (Wildman–Crippen MR) is 134 cm³/mol. The number of carbonyl (C=O) groups excluding carboxylic acids is 2. The lowest BCUT2D eigenvalue weighted by Gasteiger charge is -2.42. The number of nitrogens with one attached hydrogen (secondary N) is 1. The van der Waals surface area contributed by atoms with Crippen molar-refractivity contribution in [3.8, 4) is 5.75 Å². The Kier molecular flexibility index (Phi) is 8.21. The highest BCUT2D eigenvalue weighted by molar-refractivity contribution is 6.30. The number of aliphatic hydroxyl groups excluding tert-OH is 1. The minimum Gasteiger partial charge on any atom is -0.506 e. The number of rotatable bonds is 5. The maximum atomic E-state index is 14.4. The Bertz CT molecular complexity index is 1090. The fourth-order valence-corrected chi connectivity index (χ4v) is 4.66. The fourth-order valence-electron chi connectivity index (χ4n) is 4.54. The molecule has 2 amide bonds. The van der Waals surface area contributed by atoms with Gasteiger partial charge in [0.05, 0.1) is 23.4 Å². The van der Waals surface area contributed by atoms with Gasteiger partial charge < -0.3 is 30.1 Å². The SMILES string of the molecule is CC(O)C1CN(c2cc(F)c(C(=O)NCc3ccc(Cl)cc3)cc2O)C1.O=C1OCC2CCCCN12. The number of amides is 2. The van der Waals surface area contributed by atoms with Gasteiger partial charge in [0.25, 0.3) is 5.91 Å². The standard InChI is InChI=1S/C19H20ClFN2O3.C7H11NO2/c1-11(24)13-9-23(10-13)17-7-16(21)15(6-18(17)25)19(26)22-8-12-2-4-14(20)5-3-12;9-7-8-4-2-1-3-6(8)5-10-7/h2-7,11,13,24-25H,8-10H2,1H3,(H,22,26);6H,1-5H2. The first kappa shape index (κ1) is 26.0. The quantitative estimate of drug-likeness (QED) is 0.553. The summed E-state index contributed by atoms with van der Waals surface area (Å²) in [6.45, 7) is 4.53. The Morgan fingerprint density at radius 2 is 1.97 bits per heavy atom. The summed E-state index contributed by atoms with van der Waals surface area (Å²) in [5.41, 5.74) is 0.940. The molecule has 0 saturated carbocycles. The molecule has 2 aromatic carbocycles. The summed E-state index contributed by atoms with van der Waals surface area (Å²) < 4.78 is 19.3. The molecule has 0 aliphatic carbocycles. The van der Waals surface area contributed by atoms with E-state index in [0.717, 1.165) is 37.1 Å². The summed E-state index contributed by atoms with van der Waals surface area (Å²) in [6.07, 6.45) is 2.97. The second-order valence-electron chi connectivity index (χ2n) is 9.46. The Morgan fingerprint density at radius 3 is 2.64 bits per heavy atom. The van der Waals surface area contributed by atoms with E-state index >= 15 is 0 Å². The first-order chi connectivity index (χ1) is 17.2. The van der Waals surface area contributed by atoms with E-state index in [0.29, 0.717) is 36.4 Å². The zero-order chi connectivity index (χ0) is 25.8. The number of cyclic esters (lactones) is 1. The van der Waals surface area contributed by atoms with Crippen molar-refractivity contribution in [2.24, 2.45) is 5.92 Å². The Balaban J connectivity index is 0.000000251. The van der Waals surface area contributed by atoms with Gasteiger partial charge in [0.1, 0.15) is 18.2 Å². The topological polar surface area (TPSA) is 102 Å². The van der Waals surface area contributed by atoms with Crippen LogP contribution in [0.15, 0.2) is 36.4 Å². The van der Waals surface area contributed by atoms with Crippen LogP contribution in [-0.2, 0) is 11.3 Å². The van der Waals surface area contributed by atoms with Gasteiger partial charge in [-0.3, -0.25) is 4.79 Å². The largest absolute Gasteiger partial charge is 0.506 e. The van der Waals surface area contributed by atoms with Crippen LogP contribution in [-0.4, -0.2) is 65.5 Å². The zero-order valence-corrected chi connectivity index (χ0v) is 20.9. The van der Waals surface area contributed by atoms with E-state index in [4.69, 9.17) is 16.3 Å². The molecule has 2 atom stereocenters. The van der Waals surface area contributed by atoms with Gasteiger partial charge in [0, 0.05) is 43.2 Å². The number of piperidine rings is 1. The smallest absolute Gasteiger partial charge is 0.410 e. The number of carbonyl (C=O) groups is 2. The van der Waals surface area contributed by atoms with E-state index in [1.54, 1.807) is 36.1 Å². The lowest BCUT2D eigenvalue weighted by atomic mass is 9.93. The number of benzene rings is 2. The number of nitrogens with zero attached hydrogens (tertiary/aromatic N) is 2. The van der Waals surface area contributed by atoms with Crippen LogP contribution in [0.1, 0.15) is 42.1 Å². The van der Waals surface area contributed by atoms with Gasteiger partial charge in [-0.2, -0.15) is 0 Å². The molecule has 3 saturated heterocycles. The van der Waals surface area contributed by atoms with Crippen molar-refractivity contribution in [1.29, 1.82) is 0 Å². The van der Waals surface area contributed by atoms with Crippen molar-refractivity contribution in [3.05, 3.63) is 58.4 Å². The number of phenolic OH excluding ortho intramolecular Hbond substituents is 1. The van der Waals surface area contributed by atoms with Crippen molar-refractivity contribution >= 4 is 29.3 Å². The molecular weight excluding hydrogens is 489 g/mol. The van der Waals surface area contributed by atoms with Crippen molar-refractivity contribution in [3.63, 3.8) is 0 Å². The molecule has 2 unspecified atom stereocenters. The van der Waals surface area contributed by atoms with E-state index < -0.39 is 17.8 Å². The lowest BCUT2D eigenvalue weighted by Crippen LogP contribution is -2.51. The molecule has 2 aromatic rings. The number of aliphatic hydroxyl groups is 1. The normalized spacial score (nSPS) is 20.0. The van der Waals surface area contributed by atoms with E-state index in [-0.39, 0.29) is 29.9 Å². The number of fused-ring (bicyclic) bond motifs is 1. The molecule has 0 bridgehead atoms. The van der Waals surface area contributed by atoms with Gasteiger partial charge in [-0.25, -0.2) is 9.18 Å². The van der Waals surface area contributed by atoms with Crippen LogP contribution in [0.5, 0.6) is 5.75 Å². The van der Waals surface area contributed by atoms with Crippen molar-refractivity contribution in [2.45, 2.75) is 44.9 Å². The molecule has 0 aromatic heterocycles. The first-order valence-electron chi connectivity index (χ1n) is 12.1. The summed E-state index contributed by atoms with van der Waals surface area (Å²) >= 11 is 5.81. The van der Waals surface area contributed by atoms with Crippen LogP contribution in [0.4, 0.5) is 14.9 Å². The third kappa shape index (κ3) is 6.02. The first-order valence-corrected chi connectivity index (χ1v) is 12.5. The van der Waals surface area contributed by atoms with Gasteiger partial charge in [0.2, 0.25) is 0 Å². The molecule has 3 aliphatic heterocycles. The van der Waals surface area contributed by atoms with E-state index in [1.807, 2.05) is 4.90 Å². The van der Waals surface area contributed by atoms with Crippen molar-refractivity contribution < 1.29 is 28.9 Å². The molecule has 3 fully saturated rings. The van der Waals surface area contributed by atoms with Crippen LogP contribution in [0.3, 0.4) is 0 Å². The number of aromatic hydroxyl groups is 1. The summed E-state index contributed by atoms with van der Waals surface area (Å²) in [5, 5.41) is 22.9. The van der Waals surface area contributed by atoms with E-state index in [9.17, 15) is 24.2 Å². The monoisotopic (exact) mass is 519 g/mol. The van der Waals surface area contributed by atoms with Crippen LogP contribution in [0.25, 0.3) is 0 Å². The Hall–Kier alpha value is -3.04. The third-order valence-electron chi connectivity index (χ3n) is 6.87. The molecule has 0 radical (unpaired) electrons. The predicted octanol–water partition coefficient (Wildman–Crippen LogP) is 3.92. The van der Waals surface area contributed by atoms with E-state index in [1.165, 1.54) is 6.42 Å². The number of phenols is 1. The fraction of sp³-hybridized carbons (Fsp3) is 0.462. The minimum absolute atomic E-state index is 0.0970. The highest BCUT2D eigenvalue weighted by Crippen LogP contribution is 2.35. The Labute approximate surface area is 214 Å². The van der Waals surface area contributed by atoms with Crippen molar-refractivity contribution in [2.75, 3.05) is 31.1 Å². The highest BCUT2D eigenvalue weighted by atomic mass is 35.5. The molecule has 8 nitrogen and oxygen atoms in total. The van der Waals surface area contributed by atoms with Crippen LogP contribution in [0, 0.1) is 11.7 Å². The zero-order valence-electron chi connectivity index (χ0n) is 20.1. The molecule has 5 rings (SSSR count). The molecular formula is C26H31ClFN3O5. The summed E-state index contributed by atoms with van der Waals surface area (Å²) in [5.74, 6) is -1.37. The molecule has 36 heavy (non-hydrogen) atoms. The van der Waals surface area contributed by atoms with Crippen LogP contribution >= 0.6 is 11.6 Å². The van der Waals surface area contributed by atoms with Gasteiger partial charge in [0.15, 0.2) is 0 Å². The van der Waals surface area contributed by atoms with Gasteiger partial charge in [-0.15, -0.1) is 0 Å². The average Bonchev–Trinajstić information content (AvgIpc) is 3.20. The molecule has 3 N–H and O–H groups in total. The van der Waals surface area contributed by atoms with Crippen LogP contribution < -0.4 is 10.2 Å². The number of halogens is 2. The summed E-state index contributed by atoms with van der Waals surface area (Å²) in [6, 6.07) is 9.64. The molecule has 10 heteroatoms. The van der Waals surface area contributed by atoms with Crippen LogP contribution in [0.2, 0.25) is 5.02 Å². The third-order valence-corrected chi connectivity index (χ3v) is 7.12. The maximum absolute atomic E-state index is 14.4. The highest BCUT2D eigenvalue weighted by Gasteiger charge is 2.34. The maximum Gasteiger partial charge on any atom is 0.410 e. The van der Waals surface area contributed by atoms with Gasteiger partial charge >= 0.3 is 6.09 Å².